The summed E-state index contributed by atoms with van der Waals surface area (Å²) in [5.74, 6) is 1.94. The zero-order chi connectivity index (χ0) is 10.4. The molecule has 0 fully saturated rings. The molecule has 1 aliphatic heterocycles. The first-order valence-corrected chi connectivity index (χ1v) is 6.98. The summed E-state index contributed by atoms with van der Waals surface area (Å²) in [6.07, 6.45) is 4.34. The van der Waals surface area contributed by atoms with Crippen LogP contribution in [0.3, 0.4) is 0 Å². The molecule has 1 heterocycles. The molecule has 2 nitrogen and oxygen atoms in total. The molecule has 0 radical (unpaired) electrons. The van der Waals surface area contributed by atoms with Crippen molar-refractivity contribution in [2.75, 3.05) is 11.5 Å². The Morgan fingerprint density at radius 2 is 2.14 bits per heavy atom. The average molecular weight is 232 g/mol. The number of ether oxygens (including phenoxy) is 1. The molecule has 80 valence electrons. The van der Waals surface area contributed by atoms with Gasteiger partial charge in [-0.3, -0.25) is 0 Å². The van der Waals surface area contributed by atoms with Crippen molar-refractivity contribution >= 4 is 29.5 Å². The summed E-state index contributed by atoms with van der Waals surface area (Å²) in [6, 6.07) is 0. The van der Waals surface area contributed by atoms with Crippen LogP contribution in [0.25, 0.3) is 0 Å². The molecule has 0 saturated carbocycles. The van der Waals surface area contributed by atoms with E-state index < -0.39 is 0 Å². The molecule has 14 heavy (non-hydrogen) atoms. The molecule has 0 bridgehead atoms. The van der Waals surface area contributed by atoms with Crippen LogP contribution in [0.4, 0.5) is 0 Å². The van der Waals surface area contributed by atoms with Gasteiger partial charge in [0.05, 0.1) is 4.58 Å². The number of cyclic esters (lactones) is 1. The second-order valence-electron chi connectivity index (χ2n) is 2.89. The molecule has 0 aliphatic carbocycles. The summed E-state index contributed by atoms with van der Waals surface area (Å²) >= 11 is 3.72. The number of hydrogen-bond acceptors (Lipinski definition) is 4. The largest absolute Gasteiger partial charge is 0.457 e. The van der Waals surface area contributed by atoms with E-state index in [1.165, 1.54) is 6.08 Å². The molecule has 1 atom stereocenters. The Bertz CT molecular complexity index is 210. The van der Waals surface area contributed by atoms with Crippen molar-refractivity contribution in [3.05, 3.63) is 12.2 Å². The molecule has 0 N–H and O–H groups in total. The molecule has 0 spiro atoms. The fourth-order valence-corrected chi connectivity index (χ4v) is 3.91. The van der Waals surface area contributed by atoms with Crippen LogP contribution in [0.15, 0.2) is 12.2 Å². The molecule has 0 aromatic carbocycles. The van der Waals surface area contributed by atoms with Crippen molar-refractivity contribution < 1.29 is 9.53 Å². The standard InChI is InChI=1S/C10H16O2S2/c1-3-13-10(14-4-2)8-6-5-7-9(11)12-8/h5,7-8,10H,3-4,6H2,1-2H3. The summed E-state index contributed by atoms with van der Waals surface area (Å²) in [7, 11) is 0. The van der Waals surface area contributed by atoms with Gasteiger partial charge in [0.2, 0.25) is 0 Å². The van der Waals surface area contributed by atoms with E-state index in [1.54, 1.807) is 0 Å². The third kappa shape index (κ3) is 3.58. The van der Waals surface area contributed by atoms with Crippen LogP contribution >= 0.6 is 23.5 Å². The molecule has 0 aromatic rings. The third-order valence-corrected chi connectivity index (χ3v) is 4.60. The van der Waals surface area contributed by atoms with Gasteiger partial charge >= 0.3 is 5.97 Å². The topological polar surface area (TPSA) is 26.3 Å². The summed E-state index contributed by atoms with van der Waals surface area (Å²) in [5, 5.41) is 0. The minimum Gasteiger partial charge on any atom is -0.457 e. The predicted molar refractivity (Wildman–Crippen MR) is 63.7 cm³/mol. The minimum absolute atomic E-state index is 0.0578. The van der Waals surface area contributed by atoms with Crippen LogP contribution in [-0.2, 0) is 9.53 Å². The van der Waals surface area contributed by atoms with Crippen LogP contribution in [0.1, 0.15) is 20.3 Å². The van der Waals surface area contributed by atoms with Gasteiger partial charge in [0.25, 0.3) is 0 Å². The maximum Gasteiger partial charge on any atom is 0.330 e. The van der Waals surface area contributed by atoms with Gasteiger partial charge < -0.3 is 4.74 Å². The smallest absolute Gasteiger partial charge is 0.330 e. The normalized spacial score (nSPS) is 21.4. The maximum absolute atomic E-state index is 11.1. The molecular weight excluding hydrogens is 216 g/mol. The molecule has 1 aliphatic rings. The number of hydrogen-bond donors (Lipinski definition) is 0. The molecular formula is C10H16O2S2. The highest BCUT2D eigenvalue weighted by atomic mass is 32.2. The molecule has 0 amide bonds. The lowest BCUT2D eigenvalue weighted by Crippen LogP contribution is -2.28. The lowest BCUT2D eigenvalue weighted by Gasteiger charge is -2.26. The fourth-order valence-electron chi connectivity index (χ4n) is 1.29. The third-order valence-electron chi connectivity index (χ3n) is 1.86. The van der Waals surface area contributed by atoms with Crippen LogP contribution in [-0.4, -0.2) is 28.2 Å². The van der Waals surface area contributed by atoms with Crippen LogP contribution in [0.5, 0.6) is 0 Å². The van der Waals surface area contributed by atoms with E-state index in [1.807, 2.05) is 29.6 Å². The van der Waals surface area contributed by atoms with Gasteiger partial charge in [-0.2, -0.15) is 0 Å². The molecule has 0 aromatic heterocycles. The first kappa shape index (κ1) is 12.0. The zero-order valence-electron chi connectivity index (χ0n) is 8.56. The van der Waals surface area contributed by atoms with Gasteiger partial charge in [0.1, 0.15) is 6.10 Å². The summed E-state index contributed by atoms with van der Waals surface area (Å²) in [5.41, 5.74) is 0. The summed E-state index contributed by atoms with van der Waals surface area (Å²) in [4.78, 5) is 11.1. The monoisotopic (exact) mass is 232 g/mol. The molecule has 0 saturated heterocycles. The Morgan fingerprint density at radius 3 is 2.64 bits per heavy atom. The molecule has 1 rings (SSSR count). The van der Waals surface area contributed by atoms with E-state index in [9.17, 15) is 4.79 Å². The van der Waals surface area contributed by atoms with Crippen molar-refractivity contribution in [2.45, 2.75) is 31.0 Å². The first-order chi connectivity index (χ1) is 6.77. The van der Waals surface area contributed by atoms with Gasteiger partial charge in [-0.25, -0.2) is 4.79 Å². The number of carbonyl (C=O) groups excluding carboxylic acids is 1. The Kier molecular flexibility index (Phi) is 5.48. The zero-order valence-corrected chi connectivity index (χ0v) is 10.2. The highest BCUT2D eigenvalue weighted by Crippen LogP contribution is 2.31. The Morgan fingerprint density at radius 1 is 1.50 bits per heavy atom. The highest BCUT2D eigenvalue weighted by molar-refractivity contribution is 8.17. The lowest BCUT2D eigenvalue weighted by molar-refractivity contribution is -0.143. The molecule has 1 unspecified atom stereocenters. The van der Waals surface area contributed by atoms with E-state index in [0.717, 1.165) is 17.9 Å². The second-order valence-corrected chi connectivity index (χ2v) is 6.03. The highest BCUT2D eigenvalue weighted by Gasteiger charge is 2.25. The van der Waals surface area contributed by atoms with Gasteiger partial charge in [-0.15, -0.1) is 23.5 Å². The van der Waals surface area contributed by atoms with Gasteiger partial charge in [0, 0.05) is 12.5 Å². The van der Waals surface area contributed by atoms with Crippen LogP contribution in [0, 0.1) is 0 Å². The summed E-state index contributed by atoms with van der Waals surface area (Å²) < 4.78 is 5.67. The molecule has 4 heteroatoms. The van der Waals surface area contributed by atoms with Crippen molar-refractivity contribution in [3.8, 4) is 0 Å². The van der Waals surface area contributed by atoms with E-state index in [-0.39, 0.29) is 12.1 Å². The first-order valence-electron chi connectivity index (χ1n) is 4.88. The quantitative estimate of drug-likeness (QED) is 0.538. The number of thioether (sulfide) groups is 2. The van der Waals surface area contributed by atoms with Gasteiger partial charge in [-0.05, 0) is 11.5 Å². The average Bonchev–Trinajstić information content (AvgIpc) is 2.17. The predicted octanol–water partition coefficient (Wildman–Crippen LogP) is 2.69. The van der Waals surface area contributed by atoms with E-state index >= 15 is 0 Å². The van der Waals surface area contributed by atoms with Gasteiger partial charge in [-0.1, -0.05) is 19.9 Å². The van der Waals surface area contributed by atoms with E-state index in [2.05, 4.69) is 13.8 Å². The van der Waals surface area contributed by atoms with Crippen molar-refractivity contribution in [1.82, 2.24) is 0 Å². The van der Waals surface area contributed by atoms with E-state index in [4.69, 9.17) is 4.74 Å². The second kappa shape index (κ2) is 6.40. The van der Waals surface area contributed by atoms with Crippen molar-refractivity contribution in [3.63, 3.8) is 0 Å². The van der Waals surface area contributed by atoms with E-state index in [0.29, 0.717) is 4.58 Å². The number of rotatable bonds is 5. The SMILES string of the molecule is CCSC(SCC)C1CC=CC(=O)O1. The fraction of sp³-hybridized carbons (Fsp3) is 0.700. The Labute approximate surface area is 93.8 Å². The van der Waals surface area contributed by atoms with Crippen molar-refractivity contribution in [2.24, 2.45) is 0 Å². The lowest BCUT2D eigenvalue weighted by atomic mass is 10.2. The Balaban J connectivity index is 2.50. The minimum atomic E-state index is -0.195. The van der Waals surface area contributed by atoms with Crippen molar-refractivity contribution in [1.29, 1.82) is 0 Å². The number of carbonyl (C=O) groups is 1. The maximum atomic E-state index is 11.1. The van der Waals surface area contributed by atoms with Crippen LogP contribution in [0.2, 0.25) is 0 Å². The number of esters is 1. The van der Waals surface area contributed by atoms with Gasteiger partial charge in [0.15, 0.2) is 0 Å². The summed E-state index contributed by atoms with van der Waals surface area (Å²) in [6.45, 7) is 4.27. The Hall–Kier alpha value is -0.0900. The van der Waals surface area contributed by atoms with Crippen LogP contribution < -0.4 is 0 Å².